The Morgan fingerprint density at radius 3 is 2.73 bits per heavy atom. The molecule has 2 aliphatic rings. The first-order chi connectivity index (χ1) is 15.6. The monoisotopic (exact) mass is 466 g/mol. The number of hydrogen-bond donors (Lipinski definition) is 1. The molecule has 8 heteroatoms. The molecule has 3 aromatic rings. The van der Waals surface area contributed by atoms with E-state index in [4.69, 9.17) is 4.74 Å². The number of aromatic nitrogens is 1. The maximum Gasteiger partial charge on any atom is 0.262 e. The minimum absolute atomic E-state index is 0. The molecule has 1 saturated heterocycles. The molecule has 172 valence electrons. The molecule has 2 aliphatic heterocycles. The fraction of sp³-hybridized carbons (Fsp3) is 0.320. The molecule has 0 aliphatic carbocycles. The van der Waals surface area contributed by atoms with Crippen LogP contribution in [0.25, 0.3) is 10.9 Å². The zero-order valence-electron chi connectivity index (χ0n) is 18.5. The number of halogens is 1. The number of fused-ring (bicyclic) bond motifs is 2. The van der Waals surface area contributed by atoms with Crippen LogP contribution in [0, 0.1) is 6.92 Å². The lowest BCUT2D eigenvalue weighted by Crippen LogP contribution is -2.47. The highest BCUT2D eigenvalue weighted by Crippen LogP contribution is 2.29. The Balaban J connectivity index is 0.00000259. The number of benzene rings is 2. The number of ether oxygens (including phenoxy) is 1. The second kappa shape index (κ2) is 9.77. The van der Waals surface area contributed by atoms with Gasteiger partial charge in [0, 0.05) is 61.5 Å². The molecule has 5 rings (SSSR count). The van der Waals surface area contributed by atoms with Gasteiger partial charge in [-0.25, -0.2) is 0 Å². The zero-order valence-corrected chi connectivity index (χ0v) is 19.4. The SMILES string of the molecule is Cc1ccc2c(N3CCN(CCC(=O)c4ccc5c(c4)NC(=O)CO5)CC3)cccc2n1.Cl. The van der Waals surface area contributed by atoms with Crippen molar-refractivity contribution in [3.05, 3.63) is 59.8 Å². The van der Waals surface area contributed by atoms with Gasteiger partial charge in [-0.1, -0.05) is 6.07 Å². The molecule has 0 spiro atoms. The molecule has 0 radical (unpaired) electrons. The number of pyridine rings is 1. The third-order valence-electron chi connectivity index (χ3n) is 6.15. The average Bonchev–Trinajstić information content (AvgIpc) is 2.81. The molecule has 33 heavy (non-hydrogen) atoms. The fourth-order valence-corrected chi connectivity index (χ4v) is 4.39. The lowest BCUT2D eigenvalue weighted by molar-refractivity contribution is -0.118. The predicted molar refractivity (Wildman–Crippen MR) is 132 cm³/mol. The van der Waals surface area contributed by atoms with Gasteiger partial charge in [0.25, 0.3) is 5.91 Å². The number of rotatable bonds is 5. The van der Waals surface area contributed by atoms with Gasteiger partial charge < -0.3 is 15.0 Å². The number of nitrogens with one attached hydrogen (secondary N) is 1. The van der Waals surface area contributed by atoms with Gasteiger partial charge in [-0.15, -0.1) is 12.4 Å². The van der Waals surface area contributed by atoms with Crippen LogP contribution in [-0.2, 0) is 4.79 Å². The van der Waals surface area contributed by atoms with Crippen LogP contribution in [0.2, 0.25) is 0 Å². The number of carbonyl (C=O) groups is 2. The minimum atomic E-state index is -0.197. The number of ketones is 1. The summed E-state index contributed by atoms with van der Waals surface area (Å²) in [6.07, 6.45) is 0.449. The lowest BCUT2D eigenvalue weighted by Gasteiger charge is -2.36. The second-order valence-corrected chi connectivity index (χ2v) is 8.35. The number of amides is 1. The number of piperazine rings is 1. The Morgan fingerprint density at radius 2 is 1.91 bits per heavy atom. The standard InChI is InChI=1S/C25H26N4O3.ClH/c1-17-5-7-19-20(26-17)3-2-4-22(19)29-13-11-28(12-14-29)10-9-23(30)18-6-8-24-21(15-18)27-25(31)16-32-24;/h2-8,15H,9-14,16H2,1H3,(H,27,31);1H. The van der Waals surface area contributed by atoms with Gasteiger partial charge in [-0.05, 0) is 49.4 Å². The van der Waals surface area contributed by atoms with Crippen LogP contribution in [0.4, 0.5) is 11.4 Å². The first kappa shape index (κ1) is 23.0. The zero-order chi connectivity index (χ0) is 22.1. The van der Waals surface area contributed by atoms with Crippen molar-refractivity contribution in [2.45, 2.75) is 13.3 Å². The van der Waals surface area contributed by atoms with Gasteiger partial charge in [0.05, 0.1) is 11.2 Å². The summed E-state index contributed by atoms with van der Waals surface area (Å²) in [5.41, 5.74) is 4.46. The van der Waals surface area contributed by atoms with Crippen LogP contribution in [0.15, 0.2) is 48.5 Å². The van der Waals surface area contributed by atoms with E-state index in [0.717, 1.165) is 43.9 Å². The lowest BCUT2D eigenvalue weighted by atomic mass is 10.1. The minimum Gasteiger partial charge on any atom is -0.482 e. The Hall–Kier alpha value is -3.16. The van der Waals surface area contributed by atoms with Crippen LogP contribution >= 0.6 is 12.4 Å². The quantitative estimate of drug-likeness (QED) is 0.578. The van der Waals surface area contributed by atoms with E-state index in [1.807, 2.05) is 6.92 Å². The summed E-state index contributed by atoms with van der Waals surface area (Å²) in [4.78, 5) is 33.6. The molecule has 1 aromatic heterocycles. The number of nitrogens with zero attached hydrogens (tertiary/aromatic N) is 3. The van der Waals surface area contributed by atoms with Gasteiger partial charge in [0.1, 0.15) is 5.75 Å². The van der Waals surface area contributed by atoms with Gasteiger partial charge in [-0.2, -0.15) is 0 Å². The maximum absolute atomic E-state index is 12.7. The van der Waals surface area contributed by atoms with Gasteiger partial charge in [-0.3, -0.25) is 19.5 Å². The summed E-state index contributed by atoms with van der Waals surface area (Å²) >= 11 is 0. The summed E-state index contributed by atoms with van der Waals surface area (Å²) in [6.45, 7) is 6.42. The van der Waals surface area contributed by atoms with E-state index in [-0.39, 0.29) is 30.7 Å². The molecule has 7 nitrogen and oxygen atoms in total. The molecular weight excluding hydrogens is 440 g/mol. The summed E-state index contributed by atoms with van der Waals surface area (Å²) in [6, 6.07) is 15.7. The highest BCUT2D eigenvalue weighted by atomic mass is 35.5. The number of carbonyl (C=O) groups excluding carboxylic acids is 2. The van der Waals surface area contributed by atoms with Gasteiger partial charge in [0.15, 0.2) is 12.4 Å². The molecule has 2 aromatic carbocycles. The highest BCUT2D eigenvalue weighted by molar-refractivity contribution is 6.00. The van der Waals surface area contributed by atoms with Crippen LogP contribution in [0.3, 0.4) is 0 Å². The van der Waals surface area contributed by atoms with Crippen molar-refractivity contribution in [1.82, 2.24) is 9.88 Å². The Bertz CT molecular complexity index is 1190. The van der Waals surface area contributed by atoms with Gasteiger partial charge in [0.2, 0.25) is 0 Å². The van der Waals surface area contributed by atoms with Crippen LogP contribution in [0.1, 0.15) is 22.5 Å². The number of hydrogen-bond acceptors (Lipinski definition) is 6. The molecule has 0 atom stereocenters. The Kier molecular flexibility index (Phi) is 6.81. The molecular formula is C25H27ClN4O3. The van der Waals surface area contributed by atoms with Crippen molar-refractivity contribution in [2.24, 2.45) is 0 Å². The van der Waals surface area contributed by atoms with Crippen molar-refractivity contribution < 1.29 is 14.3 Å². The van der Waals surface area contributed by atoms with Crippen molar-refractivity contribution in [2.75, 3.05) is 49.5 Å². The van der Waals surface area contributed by atoms with Crippen molar-refractivity contribution >= 4 is 46.4 Å². The topological polar surface area (TPSA) is 74.8 Å². The first-order valence-corrected chi connectivity index (χ1v) is 11.0. The summed E-state index contributed by atoms with van der Waals surface area (Å²) in [5.74, 6) is 0.485. The maximum atomic E-state index is 12.7. The van der Waals surface area contributed by atoms with Crippen molar-refractivity contribution in [3.63, 3.8) is 0 Å². The van der Waals surface area contributed by atoms with E-state index in [2.05, 4.69) is 50.4 Å². The predicted octanol–water partition coefficient (Wildman–Crippen LogP) is 3.69. The summed E-state index contributed by atoms with van der Waals surface area (Å²) in [5, 5.41) is 3.95. The molecule has 3 heterocycles. The summed E-state index contributed by atoms with van der Waals surface area (Å²) in [7, 11) is 0. The van der Waals surface area contributed by atoms with E-state index in [1.165, 1.54) is 11.1 Å². The molecule has 0 saturated carbocycles. The van der Waals surface area contributed by atoms with E-state index in [0.29, 0.717) is 23.4 Å². The molecule has 0 unspecified atom stereocenters. The van der Waals surface area contributed by atoms with Crippen LogP contribution in [-0.4, -0.2) is 60.9 Å². The molecule has 1 fully saturated rings. The Morgan fingerprint density at radius 1 is 1.09 bits per heavy atom. The van der Waals surface area contributed by atoms with E-state index >= 15 is 0 Å². The molecule has 1 N–H and O–H groups in total. The summed E-state index contributed by atoms with van der Waals surface area (Å²) < 4.78 is 5.36. The molecule has 0 bridgehead atoms. The van der Waals surface area contributed by atoms with E-state index < -0.39 is 0 Å². The van der Waals surface area contributed by atoms with E-state index in [1.54, 1.807) is 18.2 Å². The van der Waals surface area contributed by atoms with E-state index in [9.17, 15) is 9.59 Å². The molecule has 1 amide bonds. The smallest absolute Gasteiger partial charge is 0.262 e. The van der Waals surface area contributed by atoms with Crippen molar-refractivity contribution in [1.29, 1.82) is 0 Å². The van der Waals surface area contributed by atoms with Crippen molar-refractivity contribution in [3.8, 4) is 5.75 Å². The third-order valence-corrected chi connectivity index (χ3v) is 6.15. The third kappa shape index (κ3) is 4.94. The number of anilines is 2. The van der Waals surface area contributed by atoms with Crippen LogP contribution < -0.4 is 15.0 Å². The van der Waals surface area contributed by atoms with Gasteiger partial charge >= 0.3 is 0 Å². The highest BCUT2D eigenvalue weighted by Gasteiger charge is 2.21. The largest absolute Gasteiger partial charge is 0.482 e. The fourth-order valence-electron chi connectivity index (χ4n) is 4.39. The average molecular weight is 467 g/mol. The normalized spacial score (nSPS) is 15.9. The first-order valence-electron chi connectivity index (χ1n) is 11.0. The second-order valence-electron chi connectivity index (χ2n) is 8.35. The Labute approximate surface area is 199 Å². The number of aryl methyl sites for hydroxylation is 1. The number of Topliss-reactive ketones (excluding diaryl/α,β-unsaturated/α-hetero) is 1. The van der Waals surface area contributed by atoms with Crippen LogP contribution in [0.5, 0.6) is 5.75 Å².